The lowest BCUT2D eigenvalue weighted by atomic mass is 10.2. The first kappa shape index (κ1) is 14.5. The van der Waals surface area contributed by atoms with E-state index in [-0.39, 0.29) is 0 Å². The van der Waals surface area contributed by atoms with Crippen LogP contribution < -0.4 is 0 Å². The van der Waals surface area contributed by atoms with Crippen molar-refractivity contribution in [3.05, 3.63) is 72.0 Å². The highest BCUT2D eigenvalue weighted by Gasteiger charge is 2.12. The number of hydrogen-bond donors (Lipinski definition) is 1. The Balaban J connectivity index is 1.99. The molecule has 3 heteroatoms. The molecule has 0 fully saturated rings. The maximum atomic E-state index is 10.5. The Morgan fingerprint density at radius 3 is 2.86 bits per heavy atom. The lowest BCUT2D eigenvalue weighted by molar-refractivity contribution is 0.219. The van der Waals surface area contributed by atoms with Crippen LogP contribution in [0.5, 0.6) is 0 Å². The van der Waals surface area contributed by atoms with Crippen molar-refractivity contribution in [2.45, 2.75) is 26.5 Å². The number of fused-ring (bicyclic) bond motifs is 1. The summed E-state index contributed by atoms with van der Waals surface area (Å²) in [6, 6.07) is 13.9. The van der Waals surface area contributed by atoms with Crippen LogP contribution in [-0.2, 0) is 6.54 Å². The number of aliphatic hydroxyl groups is 1. The van der Waals surface area contributed by atoms with Gasteiger partial charge in [0.2, 0.25) is 0 Å². The van der Waals surface area contributed by atoms with E-state index in [4.69, 9.17) is 4.42 Å². The van der Waals surface area contributed by atoms with Crippen molar-refractivity contribution < 1.29 is 9.52 Å². The van der Waals surface area contributed by atoms with Gasteiger partial charge in [-0.05, 0) is 49.6 Å². The number of rotatable bonds is 4. The molecule has 3 nitrogen and oxygen atoms in total. The molecule has 0 saturated heterocycles. The van der Waals surface area contributed by atoms with E-state index in [9.17, 15) is 5.11 Å². The van der Waals surface area contributed by atoms with Crippen molar-refractivity contribution in [2.75, 3.05) is 0 Å². The highest BCUT2D eigenvalue weighted by Crippen LogP contribution is 2.25. The van der Waals surface area contributed by atoms with Crippen molar-refractivity contribution in [1.29, 1.82) is 0 Å². The average molecular weight is 293 g/mol. The van der Waals surface area contributed by atoms with Gasteiger partial charge in [0.25, 0.3) is 0 Å². The summed E-state index contributed by atoms with van der Waals surface area (Å²) < 4.78 is 7.45. The smallest absolute Gasteiger partial charge is 0.137 e. The molecule has 112 valence electrons. The molecule has 3 aromatic rings. The van der Waals surface area contributed by atoms with Crippen LogP contribution in [0.1, 0.15) is 31.4 Å². The van der Waals surface area contributed by atoms with Crippen LogP contribution in [0.25, 0.3) is 16.5 Å². The number of para-hydroxylation sites is 1. The van der Waals surface area contributed by atoms with Crippen molar-refractivity contribution in [3.8, 4) is 0 Å². The van der Waals surface area contributed by atoms with Crippen molar-refractivity contribution in [2.24, 2.45) is 0 Å². The zero-order chi connectivity index (χ0) is 15.5. The zero-order valence-electron chi connectivity index (χ0n) is 12.8. The number of aromatic nitrogens is 1. The van der Waals surface area contributed by atoms with E-state index in [1.165, 1.54) is 0 Å². The Morgan fingerprint density at radius 2 is 2.14 bits per heavy atom. The van der Waals surface area contributed by atoms with Crippen LogP contribution >= 0.6 is 0 Å². The second-order valence-electron chi connectivity index (χ2n) is 5.23. The molecule has 2 aromatic heterocycles. The Bertz CT molecular complexity index is 834. The standard InChI is InChI=1S/C19H19NO2/c1-3-20-16-8-5-4-7-15(16)13-17(20)18(21)11-10-14(2)19-9-6-12-22-19/h4-9,11-13,18,21H,3H2,1-2H3. The lowest BCUT2D eigenvalue weighted by Crippen LogP contribution is -2.04. The third-order valence-corrected chi connectivity index (χ3v) is 3.81. The molecule has 2 heterocycles. The Hall–Kier alpha value is -2.48. The van der Waals surface area contributed by atoms with E-state index in [1.54, 1.807) is 12.3 Å². The molecule has 0 saturated carbocycles. The summed E-state index contributed by atoms with van der Waals surface area (Å²) in [7, 11) is 0. The topological polar surface area (TPSA) is 38.3 Å². The molecule has 1 N–H and O–H groups in total. The van der Waals surface area contributed by atoms with Gasteiger partial charge in [-0.1, -0.05) is 18.2 Å². The number of aryl methyl sites for hydroxylation is 1. The predicted octanol–water partition coefficient (Wildman–Crippen LogP) is 4.55. The molecule has 0 aliphatic heterocycles. The van der Waals surface area contributed by atoms with Gasteiger partial charge < -0.3 is 14.1 Å². The molecule has 3 rings (SSSR count). The summed E-state index contributed by atoms with van der Waals surface area (Å²) in [6.45, 7) is 4.81. The van der Waals surface area contributed by atoms with Gasteiger partial charge in [-0.15, -0.1) is 5.73 Å². The highest BCUT2D eigenvalue weighted by molar-refractivity contribution is 5.81. The monoisotopic (exact) mass is 293 g/mol. The Labute approximate surface area is 129 Å². The van der Waals surface area contributed by atoms with Gasteiger partial charge in [0, 0.05) is 17.6 Å². The van der Waals surface area contributed by atoms with Gasteiger partial charge in [0.1, 0.15) is 11.9 Å². The predicted molar refractivity (Wildman–Crippen MR) is 88.4 cm³/mol. The van der Waals surface area contributed by atoms with Gasteiger partial charge in [-0.3, -0.25) is 0 Å². The third kappa shape index (κ3) is 2.64. The van der Waals surface area contributed by atoms with Gasteiger partial charge in [-0.25, -0.2) is 0 Å². The molecule has 0 amide bonds. The minimum Gasteiger partial charge on any atom is -0.464 e. The van der Waals surface area contributed by atoms with Crippen molar-refractivity contribution >= 4 is 16.5 Å². The number of aliphatic hydroxyl groups excluding tert-OH is 1. The van der Waals surface area contributed by atoms with Crippen molar-refractivity contribution in [3.63, 3.8) is 0 Å². The van der Waals surface area contributed by atoms with Crippen LogP contribution in [0.4, 0.5) is 0 Å². The molecule has 0 radical (unpaired) electrons. The largest absolute Gasteiger partial charge is 0.464 e. The first-order valence-electron chi connectivity index (χ1n) is 7.44. The molecule has 0 spiro atoms. The fourth-order valence-electron chi connectivity index (χ4n) is 2.68. The fourth-order valence-corrected chi connectivity index (χ4v) is 2.68. The highest BCUT2D eigenvalue weighted by atomic mass is 16.3. The first-order valence-corrected chi connectivity index (χ1v) is 7.44. The summed E-state index contributed by atoms with van der Waals surface area (Å²) in [5.41, 5.74) is 5.99. The maximum Gasteiger partial charge on any atom is 0.137 e. The van der Waals surface area contributed by atoms with E-state index in [2.05, 4.69) is 29.4 Å². The van der Waals surface area contributed by atoms with Crippen LogP contribution in [0, 0.1) is 0 Å². The summed E-state index contributed by atoms with van der Waals surface area (Å²) in [5, 5.41) is 11.6. The minimum absolute atomic E-state index is 0.697. The summed E-state index contributed by atoms with van der Waals surface area (Å²) in [6.07, 6.45) is 2.61. The van der Waals surface area contributed by atoms with Gasteiger partial charge in [0.05, 0.1) is 12.0 Å². The second kappa shape index (κ2) is 6.10. The van der Waals surface area contributed by atoms with E-state index in [1.807, 2.05) is 37.3 Å². The average Bonchev–Trinajstić information content (AvgIpc) is 3.19. The minimum atomic E-state index is -0.697. The normalized spacial score (nSPS) is 12.1. The fraction of sp³-hybridized carbons (Fsp3) is 0.211. The summed E-state index contributed by atoms with van der Waals surface area (Å²) in [4.78, 5) is 0. The molecular weight excluding hydrogens is 274 g/mol. The zero-order valence-corrected chi connectivity index (χ0v) is 12.8. The van der Waals surface area contributed by atoms with E-state index in [0.717, 1.165) is 34.5 Å². The quantitative estimate of drug-likeness (QED) is 0.717. The summed E-state index contributed by atoms with van der Waals surface area (Å²) in [5.74, 6) is 0.763. The lowest BCUT2D eigenvalue weighted by Gasteiger charge is -2.10. The molecule has 0 aliphatic rings. The first-order chi connectivity index (χ1) is 10.7. The van der Waals surface area contributed by atoms with E-state index in [0.29, 0.717) is 0 Å². The third-order valence-electron chi connectivity index (χ3n) is 3.81. The number of benzene rings is 1. The molecular formula is C19H19NO2. The second-order valence-corrected chi connectivity index (χ2v) is 5.23. The van der Waals surface area contributed by atoms with Gasteiger partial charge >= 0.3 is 0 Å². The molecule has 1 atom stereocenters. The molecule has 0 bridgehead atoms. The van der Waals surface area contributed by atoms with E-state index >= 15 is 0 Å². The maximum absolute atomic E-state index is 10.5. The van der Waals surface area contributed by atoms with Crippen LogP contribution in [0.2, 0.25) is 0 Å². The SMILES string of the molecule is CCn1c(C(O)C=C=C(C)c2ccco2)cc2ccccc21. The van der Waals surface area contributed by atoms with Gasteiger partial charge in [0.15, 0.2) is 0 Å². The molecule has 1 unspecified atom stereocenters. The number of furan rings is 1. The van der Waals surface area contributed by atoms with Gasteiger partial charge in [-0.2, -0.15) is 0 Å². The summed E-state index contributed by atoms with van der Waals surface area (Å²) >= 11 is 0. The Kier molecular flexibility index (Phi) is 4.01. The number of nitrogens with zero attached hydrogens (tertiary/aromatic N) is 1. The Morgan fingerprint density at radius 1 is 1.32 bits per heavy atom. The molecule has 22 heavy (non-hydrogen) atoms. The van der Waals surface area contributed by atoms with Crippen LogP contribution in [0.15, 0.2) is 65.0 Å². The molecule has 0 aliphatic carbocycles. The van der Waals surface area contributed by atoms with Crippen LogP contribution in [0.3, 0.4) is 0 Å². The van der Waals surface area contributed by atoms with Crippen LogP contribution in [-0.4, -0.2) is 9.67 Å². The molecule has 1 aromatic carbocycles. The number of hydrogen-bond acceptors (Lipinski definition) is 2. The van der Waals surface area contributed by atoms with Crippen molar-refractivity contribution in [1.82, 2.24) is 4.57 Å². The van der Waals surface area contributed by atoms with E-state index < -0.39 is 6.10 Å².